The third kappa shape index (κ3) is 2.48. The van der Waals surface area contributed by atoms with Crippen LogP contribution in [0.1, 0.15) is 11.1 Å². The molecule has 0 bridgehead atoms. The van der Waals surface area contributed by atoms with E-state index in [9.17, 15) is 0 Å². The van der Waals surface area contributed by atoms with E-state index in [1.54, 1.807) is 0 Å². The van der Waals surface area contributed by atoms with Gasteiger partial charge in [-0.05, 0) is 41.9 Å². The first-order valence-corrected chi connectivity index (χ1v) is 7.73. The number of nitrogens with zero attached hydrogens (tertiary/aromatic N) is 1. The van der Waals surface area contributed by atoms with Gasteiger partial charge in [0.15, 0.2) is 16.6 Å². The molecule has 0 spiro atoms. The van der Waals surface area contributed by atoms with E-state index >= 15 is 0 Å². The summed E-state index contributed by atoms with van der Waals surface area (Å²) in [7, 11) is 0. The Morgan fingerprint density at radius 2 is 1.86 bits per heavy atom. The molecule has 0 radical (unpaired) electrons. The van der Waals surface area contributed by atoms with Gasteiger partial charge >= 0.3 is 0 Å². The Bertz CT molecular complexity index is 732. The quantitative estimate of drug-likeness (QED) is 0.818. The second kappa shape index (κ2) is 5.50. The minimum Gasteiger partial charge on any atom is -0.454 e. The van der Waals surface area contributed by atoms with Crippen molar-refractivity contribution in [3.05, 3.63) is 53.6 Å². The number of hydrogen-bond donors (Lipinski definition) is 1. The summed E-state index contributed by atoms with van der Waals surface area (Å²) in [6, 6.07) is 14.3. The van der Waals surface area contributed by atoms with Crippen LogP contribution in [0.2, 0.25) is 0 Å². The lowest BCUT2D eigenvalue weighted by Crippen LogP contribution is -2.38. The number of benzene rings is 2. The smallest absolute Gasteiger partial charge is 0.231 e. The third-order valence-corrected chi connectivity index (χ3v) is 4.40. The zero-order chi connectivity index (χ0) is 14.9. The molecule has 0 atom stereocenters. The third-order valence-electron chi connectivity index (χ3n) is 4.04. The molecule has 5 heteroatoms. The number of nitrogens with one attached hydrogen (secondary N) is 1. The highest BCUT2D eigenvalue weighted by atomic mass is 32.1. The van der Waals surface area contributed by atoms with E-state index in [2.05, 4.69) is 34.5 Å². The first kappa shape index (κ1) is 13.4. The number of rotatable bonds is 1. The van der Waals surface area contributed by atoms with Crippen molar-refractivity contribution in [3.63, 3.8) is 0 Å². The number of fused-ring (bicyclic) bond motifs is 2. The minimum atomic E-state index is 0.284. The average molecular weight is 312 g/mol. The fraction of sp³-hybridized carbons (Fsp3) is 0.235. The molecule has 0 fully saturated rings. The average Bonchev–Trinajstić information content (AvgIpc) is 3.02. The molecule has 112 valence electrons. The fourth-order valence-electron chi connectivity index (χ4n) is 2.85. The zero-order valence-corrected chi connectivity index (χ0v) is 12.9. The molecule has 2 heterocycles. The summed E-state index contributed by atoms with van der Waals surface area (Å²) < 4.78 is 10.7. The van der Waals surface area contributed by atoms with Crippen LogP contribution < -0.4 is 14.8 Å². The largest absolute Gasteiger partial charge is 0.454 e. The van der Waals surface area contributed by atoms with E-state index in [-0.39, 0.29) is 6.79 Å². The van der Waals surface area contributed by atoms with Gasteiger partial charge in [0.1, 0.15) is 0 Å². The number of anilines is 1. The maximum Gasteiger partial charge on any atom is 0.231 e. The second-order valence-corrected chi connectivity index (χ2v) is 5.83. The SMILES string of the molecule is S=C(Nc1ccc2c(c1)OCO2)N1CCc2ccccc2C1. The Kier molecular flexibility index (Phi) is 3.35. The topological polar surface area (TPSA) is 33.7 Å². The Morgan fingerprint density at radius 3 is 2.77 bits per heavy atom. The predicted octanol–water partition coefficient (Wildman–Crippen LogP) is 3.17. The Labute approximate surface area is 134 Å². The van der Waals surface area contributed by atoms with Crippen LogP contribution in [0, 0.1) is 0 Å². The van der Waals surface area contributed by atoms with E-state index in [0.29, 0.717) is 0 Å². The Morgan fingerprint density at radius 1 is 1.05 bits per heavy atom. The van der Waals surface area contributed by atoms with Gasteiger partial charge in [-0.25, -0.2) is 0 Å². The van der Waals surface area contributed by atoms with Crippen molar-refractivity contribution in [3.8, 4) is 11.5 Å². The molecule has 0 unspecified atom stereocenters. The lowest BCUT2D eigenvalue weighted by Gasteiger charge is -2.31. The van der Waals surface area contributed by atoms with Gasteiger partial charge < -0.3 is 19.7 Å². The van der Waals surface area contributed by atoms with Gasteiger partial charge in [-0.1, -0.05) is 24.3 Å². The van der Waals surface area contributed by atoms with Crippen molar-refractivity contribution in [2.75, 3.05) is 18.7 Å². The fourth-order valence-corrected chi connectivity index (χ4v) is 3.12. The molecule has 22 heavy (non-hydrogen) atoms. The van der Waals surface area contributed by atoms with Crippen LogP contribution in [0.5, 0.6) is 11.5 Å². The first-order valence-electron chi connectivity index (χ1n) is 7.32. The molecular weight excluding hydrogens is 296 g/mol. The van der Waals surface area contributed by atoms with Gasteiger partial charge in [-0.3, -0.25) is 0 Å². The van der Waals surface area contributed by atoms with Gasteiger partial charge in [-0.2, -0.15) is 0 Å². The molecule has 2 aromatic rings. The van der Waals surface area contributed by atoms with Gasteiger partial charge in [0.25, 0.3) is 0 Å². The highest BCUT2D eigenvalue weighted by molar-refractivity contribution is 7.80. The second-order valence-electron chi connectivity index (χ2n) is 5.44. The summed E-state index contributed by atoms with van der Waals surface area (Å²) in [5, 5.41) is 4.04. The molecular formula is C17H16N2O2S. The van der Waals surface area contributed by atoms with Crippen LogP contribution in [-0.4, -0.2) is 23.4 Å². The van der Waals surface area contributed by atoms with Crippen LogP contribution in [0.3, 0.4) is 0 Å². The van der Waals surface area contributed by atoms with Crippen molar-refractivity contribution < 1.29 is 9.47 Å². The van der Waals surface area contributed by atoms with Gasteiger partial charge in [0.2, 0.25) is 6.79 Å². The van der Waals surface area contributed by atoms with E-state index in [0.717, 1.165) is 41.8 Å². The molecule has 2 aromatic carbocycles. The normalized spacial score (nSPS) is 15.4. The summed E-state index contributed by atoms with van der Waals surface area (Å²) in [5.74, 6) is 1.54. The number of thiocarbonyl (C=S) groups is 1. The van der Waals surface area contributed by atoms with Gasteiger partial charge in [-0.15, -0.1) is 0 Å². The summed E-state index contributed by atoms with van der Waals surface area (Å²) in [6.07, 6.45) is 1.03. The zero-order valence-electron chi connectivity index (χ0n) is 12.0. The van der Waals surface area contributed by atoms with Gasteiger partial charge in [0, 0.05) is 24.8 Å². The molecule has 0 saturated heterocycles. The molecule has 0 amide bonds. The van der Waals surface area contributed by atoms with Crippen molar-refractivity contribution >= 4 is 23.0 Å². The maximum atomic E-state index is 5.56. The molecule has 4 nitrogen and oxygen atoms in total. The molecule has 2 aliphatic heterocycles. The molecule has 1 N–H and O–H groups in total. The number of ether oxygens (including phenoxy) is 2. The van der Waals surface area contributed by atoms with Crippen LogP contribution in [-0.2, 0) is 13.0 Å². The highest BCUT2D eigenvalue weighted by Gasteiger charge is 2.19. The van der Waals surface area contributed by atoms with Crippen molar-refractivity contribution in [2.45, 2.75) is 13.0 Å². The van der Waals surface area contributed by atoms with Crippen molar-refractivity contribution in [2.24, 2.45) is 0 Å². The maximum absolute atomic E-state index is 5.56. The van der Waals surface area contributed by atoms with E-state index in [1.807, 2.05) is 18.2 Å². The van der Waals surface area contributed by atoms with E-state index in [4.69, 9.17) is 21.7 Å². The summed E-state index contributed by atoms with van der Waals surface area (Å²) in [4.78, 5) is 2.20. The van der Waals surface area contributed by atoms with Crippen LogP contribution in [0.4, 0.5) is 5.69 Å². The Balaban J connectivity index is 1.47. The van der Waals surface area contributed by atoms with E-state index < -0.39 is 0 Å². The van der Waals surface area contributed by atoms with Gasteiger partial charge in [0.05, 0.1) is 0 Å². The summed E-state index contributed by atoms with van der Waals surface area (Å²) in [5.41, 5.74) is 3.70. The van der Waals surface area contributed by atoms with Crippen LogP contribution in [0.25, 0.3) is 0 Å². The molecule has 0 saturated carbocycles. The van der Waals surface area contributed by atoms with Crippen molar-refractivity contribution in [1.82, 2.24) is 4.90 Å². The van der Waals surface area contributed by atoms with E-state index in [1.165, 1.54) is 11.1 Å². The lowest BCUT2D eigenvalue weighted by atomic mass is 10.0. The summed E-state index contributed by atoms with van der Waals surface area (Å²) >= 11 is 5.56. The minimum absolute atomic E-state index is 0.284. The predicted molar refractivity (Wildman–Crippen MR) is 89.3 cm³/mol. The monoisotopic (exact) mass is 312 g/mol. The van der Waals surface area contributed by atoms with Crippen molar-refractivity contribution in [1.29, 1.82) is 0 Å². The lowest BCUT2D eigenvalue weighted by molar-refractivity contribution is 0.174. The molecule has 2 aliphatic rings. The van der Waals surface area contributed by atoms with Crippen LogP contribution in [0.15, 0.2) is 42.5 Å². The standard InChI is InChI=1S/C17H16N2O2S/c22-17(18-14-5-6-15-16(9-14)21-11-20-15)19-8-7-12-3-1-2-4-13(12)10-19/h1-6,9H,7-8,10-11H2,(H,18,22). The molecule has 0 aliphatic carbocycles. The number of hydrogen-bond acceptors (Lipinski definition) is 3. The Hall–Kier alpha value is -2.27. The summed E-state index contributed by atoms with van der Waals surface area (Å²) in [6.45, 7) is 2.08. The van der Waals surface area contributed by atoms with Crippen LogP contribution >= 0.6 is 12.2 Å². The highest BCUT2D eigenvalue weighted by Crippen LogP contribution is 2.34. The first-order chi connectivity index (χ1) is 10.8. The molecule has 0 aromatic heterocycles. The molecule has 4 rings (SSSR count).